The third-order valence-corrected chi connectivity index (χ3v) is 3.01. The number of rotatable bonds is 2. The van der Waals surface area contributed by atoms with Gasteiger partial charge < -0.3 is 0 Å². The maximum Gasteiger partial charge on any atom is 0.274 e. The zero-order valence-electron chi connectivity index (χ0n) is 10.8. The van der Waals surface area contributed by atoms with E-state index in [-0.39, 0.29) is 5.56 Å². The summed E-state index contributed by atoms with van der Waals surface area (Å²) in [5, 5.41) is 3.14. The largest absolute Gasteiger partial charge is 0.295 e. The van der Waals surface area contributed by atoms with E-state index in [1.165, 1.54) is 0 Å². The summed E-state index contributed by atoms with van der Waals surface area (Å²) in [6.07, 6.45) is 0.763. The third-order valence-electron chi connectivity index (χ3n) is 3.01. The van der Waals surface area contributed by atoms with Crippen molar-refractivity contribution in [1.82, 2.24) is 9.78 Å². The second-order valence-electron chi connectivity index (χ2n) is 4.56. The molecule has 0 radical (unpaired) electrons. The summed E-state index contributed by atoms with van der Waals surface area (Å²) in [6.45, 7) is 8.03. The first-order valence-corrected chi connectivity index (χ1v) is 5.92. The van der Waals surface area contributed by atoms with Crippen LogP contribution in [0.25, 0.3) is 5.69 Å². The number of nitrogens with zero attached hydrogens (tertiary/aromatic N) is 1. The number of aryl methyl sites for hydroxylation is 3. The van der Waals surface area contributed by atoms with Crippen LogP contribution in [0.15, 0.2) is 23.0 Å². The average Bonchev–Trinajstić information content (AvgIpc) is 2.52. The Labute approximate surface area is 101 Å². The highest BCUT2D eigenvalue weighted by Gasteiger charge is 2.10. The number of aromatic amines is 1. The molecule has 2 rings (SSSR count). The fourth-order valence-corrected chi connectivity index (χ4v) is 2.26. The molecule has 1 N–H and O–H groups in total. The number of hydrogen-bond acceptors (Lipinski definition) is 1. The Morgan fingerprint density at radius 2 is 1.71 bits per heavy atom. The van der Waals surface area contributed by atoms with E-state index >= 15 is 0 Å². The summed E-state index contributed by atoms with van der Waals surface area (Å²) in [7, 11) is 0. The van der Waals surface area contributed by atoms with Crippen molar-refractivity contribution in [1.29, 1.82) is 0 Å². The lowest BCUT2D eigenvalue weighted by molar-refractivity contribution is 0.832. The summed E-state index contributed by atoms with van der Waals surface area (Å²) in [4.78, 5) is 12.2. The fourth-order valence-electron chi connectivity index (χ4n) is 2.26. The van der Waals surface area contributed by atoms with Crippen molar-refractivity contribution in [2.75, 3.05) is 0 Å². The van der Waals surface area contributed by atoms with Crippen LogP contribution in [-0.2, 0) is 6.42 Å². The van der Waals surface area contributed by atoms with Gasteiger partial charge in [0, 0.05) is 11.3 Å². The Hall–Kier alpha value is -1.77. The molecule has 0 fully saturated rings. The maximum absolute atomic E-state index is 12.2. The van der Waals surface area contributed by atoms with E-state index in [1.807, 2.05) is 39.8 Å². The highest BCUT2D eigenvalue weighted by molar-refractivity contribution is 5.39. The van der Waals surface area contributed by atoms with Gasteiger partial charge in [-0.15, -0.1) is 0 Å². The van der Waals surface area contributed by atoms with Gasteiger partial charge in [-0.1, -0.05) is 13.0 Å². The molecule has 1 aromatic carbocycles. The van der Waals surface area contributed by atoms with E-state index < -0.39 is 0 Å². The number of benzene rings is 1. The molecule has 1 aromatic heterocycles. The topological polar surface area (TPSA) is 37.8 Å². The van der Waals surface area contributed by atoms with Crippen molar-refractivity contribution in [3.05, 3.63) is 50.9 Å². The monoisotopic (exact) mass is 230 g/mol. The van der Waals surface area contributed by atoms with Crippen LogP contribution in [0.3, 0.4) is 0 Å². The zero-order valence-corrected chi connectivity index (χ0v) is 10.8. The summed E-state index contributed by atoms with van der Waals surface area (Å²) >= 11 is 0. The molecule has 0 atom stereocenters. The standard InChI is InChI=1S/C14H18N2O/c1-5-13-11(4)15-16(14(13)17)12-7-9(2)6-10(3)8-12/h6-8,15H,5H2,1-4H3. The molecule has 2 aromatic rings. The normalized spacial score (nSPS) is 10.8. The minimum atomic E-state index is 0.0648. The number of nitrogens with one attached hydrogen (secondary N) is 1. The van der Waals surface area contributed by atoms with Crippen molar-refractivity contribution < 1.29 is 0 Å². The fraction of sp³-hybridized carbons (Fsp3) is 0.357. The highest BCUT2D eigenvalue weighted by Crippen LogP contribution is 2.12. The van der Waals surface area contributed by atoms with Crippen LogP contribution in [-0.4, -0.2) is 9.78 Å². The van der Waals surface area contributed by atoms with Crippen LogP contribution >= 0.6 is 0 Å². The first-order valence-electron chi connectivity index (χ1n) is 5.92. The molecule has 3 nitrogen and oxygen atoms in total. The Kier molecular flexibility index (Phi) is 2.92. The lowest BCUT2D eigenvalue weighted by Gasteiger charge is -2.04. The molecule has 90 valence electrons. The van der Waals surface area contributed by atoms with Crippen molar-refractivity contribution >= 4 is 0 Å². The van der Waals surface area contributed by atoms with E-state index in [4.69, 9.17) is 0 Å². The Balaban J connectivity index is 2.65. The van der Waals surface area contributed by atoms with Gasteiger partial charge in [-0.25, -0.2) is 4.68 Å². The first-order chi connectivity index (χ1) is 8.02. The van der Waals surface area contributed by atoms with Crippen molar-refractivity contribution in [3.63, 3.8) is 0 Å². The van der Waals surface area contributed by atoms with Gasteiger partial charge in [0.2, 0.25) is 0 Å². The molecule has 0 saturated heterocycles. The quantitative estimate of drug-likeness (QED) is 0.846. The second kappa shape index (κ2) is 4.24. The number of aromatic nitrogens is 2. The van der Waals surface area contributed by atoms with E-state index in [9.17, 15) is 4.79 Å². The number of H-pyrrole nitrogens is 1. The Morgan fingerprint density at radius 1 is 1.12 bits per heavy atom. The molecule has 0 spiro atoms. The molecule has 0 unspecified atom stereocenters. The number of hydrogen-bond donors (Lipinski definition) is 1. The van der Waals surface area contributed by atoms with E-state index in [0.29, 0.717) is 0 Å². The minimum absolute atomic E-state index is 0.0648. The van der Waals surface area contributed by atoms with Crippen LogP contribution in [0, 0.1) is 20.8 Å². The third kappa shape index (κ3) is 2.05. The molecule has 3 heteroatoms. The smallest absolute Gasteiger partial charge is 0.274 e. The van der Waals surface area contributed by atoms with Gasteiger partial charge in [-0.3, -0.25) is 9.89 Å². The van der Waals surface area contributed by atoms with Crippen molar-refractivity contribution in [2.45, 2.75) is 34.1 Å². The molecule has 0 bridgehead atoms. The molecule has 0 aliphatic heterocycles. The molecule has 17 heavy (non-hydrogen) atoms. The maximum atomic E-state index is 12.2. The molecule has 0 amide bonds. The van der Waals surface area contributed by atoms with Gasteiger partial charge in [0.05, 0.1) is 5.69 Å². The van der Waals surface area contributed by atoms with Crippen LogP contribution in [0.5, 0.6) is 0 Å². The molecular formula is C14H18N2O. The lowest BCUT2D eigenvalue weighted by atomic mass is 10.1. The summed E-state index contributed by atoms with van der Waals surface area (Å²) in [5.41, 5.74) is 5.13. The van der Waals surface area contributed by atoms with Gasteiger partial charge >= 0.3 is 0 Å². The first kappa shape index (κ1) is 11.7. The zero-order chi connectivity index (χ0) is 12.6. The predicted molar refractivity (Wildman–Crippen MR) is 70.0 cm³/mol. The molecular weight excluding hydrogens is 212 g/mol. The Bertz CT molecular complexity index is 585. The van der Waals surface area contributed by atoms with Crippen LogP contribution < -0.4 is 5.56 Å². The molecule has 1 heterocycles. The van der Waals surface area contributed by atoms with E-state index in [2.05, 4.69) is 11.2 Å². The van der Waals surface area contributed by atoms with Gasteiger partial charge in [0.1, 0.15) is 0 Å². The summed E-state index contributed by atoms with van der Waals surface area (Å²) in [6, 6.07) is 6.14. The lowest BCUT2D eigenvalue weighted by Crippen LogP contribution is -2.17. The highest BCUT2D eigenvalue weighted by atomic mass is 16.1. The van der Waals surface area contributed by atoms with Gasteiger partial charge in [0.25, 0.3) is 5.56 Å². The van der Waals surface area contributed by atoms with E-state index in [0.717, 1.165) is 34.5 Å². The van der Waals surface area contributed by atoms with Gasteiger partial charge in [-0.05, 0) is 50.5 Å². The minimum Gasteiger partial charge on any atom is -0.295 e. The molecule has 0 aliphatic carbocycles. The van der Waals surface area contributed by atoms with Crippen LogP contribution in [0.4, 0.5) is 0 Å². The van der Waals surface area contributed by atoms with Crippen molar-refractivity contribution in [3.8, 4) is 5.69 Å². The van der Waals surface area contributed by atoms with Crippen LogP contribution in [0.2, 0.25) is 0 Å². The summed E-state index contributed by atoms with van der Waals surface area (Å²) < 4.78 is 1.63. The average molecular weight is 230 g/mol. The van der Waals surface area contributed by atoms with Gasteiger partial charge in [-0.2, -0.15) is 0 Å². The van der Waals surface area contributed by atoms with E-state index in [1.54, 1.807) is 4.68 Å². The van der Waals surface area contributed by atoms with Gasteiger partial charge in [0.15, 0.2) is 0 Å². The predicted octanol–water partition coefficient (Wildman–Crippen LogP) is 2.65. The Morgan fingerprint density at radius 3 is 2.18 bits per heavy atom. The second-order valence-corrected chi connectivity index (χ2v) is 4.56. The van der Waals surface area contributed by atoms with Crippen molar-refractivity contribution in [2.24, 2.45) is 0 Å². The van der Waals surface area contributed by atoms with Crippen LogP contribution in [0.1, 0.15) is 29.3 Å². The molecule has 0 saturated carbocycles. The summed E-state index contributed by atoms with van der Waals surface area (Å²) in [5.74, 6) is 0. The molecule has 0 aliphatic rings. The SMILES string of the molecule is CCc1c(C)[nH]n(-c2cc(C)cc(C)c2)c1=O.